The number of rotatable bonds is 8. The van der Waals surface area contributed by atoms with E-state index in [4.69, 9.17) is 0 Å². The van der Waals surface area contributed by atoms with Gasteiger partial charge in [-0.3, -0.25) is 0 Å². The maximum atomic E-state index is 10.3. The molecule has 0 aliphatic carbocycles. The van der Waals surface area contributed by atoms with Crippen LogP contribution in [0.25, 0.3) is 0 Å². The molecule has 0 N–H and O–H groups in total. The molecule has 0 heterocycles. The number of halogens is 2. The SMILES string of the molecule is CCCCCC(Br)CC(Br)CC[O]. The zero-order valence-electron chi connectivity index (χ0n) is 8.27. The number of hydrogen-bond acceptors (Lipinski definition) is 0. The molecule has 0 amide bonds. The van der Waals surface area contributed by atoms with E-state index in [1.54, 1.807) is 0 Å². The van der Waals surface area contributed by atoms with Crippen LogP contribution in [0.2, 0.25) is 0 Å². The lowest BCUT2D eigenvalue weighted by Crippen LogP contribution is -2.08. The van der Waals surface area contributed by atoms with Gasteiger partial charge in [0.25, 0.3) is 0 Å². The Morgan fingerprint density at radius 3 is 2.23 bits per heavy atom. The summed E-state index contributed by atoms with van der Waals surface area (Å²) in [4.78, 5) is 0.978. The van der Waals surface area contributed by atoms with E-state index in [1.165, 1.54) is 25.7 Å². The second-order valence-electron chi connectivity index (χ2n) is 3.42. The van der Waals surface area contributed by atoms with Gasteiger partial charge in [-0.25, -0.2) is 5.11 Å². The van der Waals surface area contributed by atoms with Gasteiger partial charge in [0.15, 0.2) is 0 Å². The summed E-state index contributed by atoms with van der Waals surface area (Å²) >= 11 is 7.16. The molecule has 1 nitrogen and oxygen atoms in total. The van der Waals surface area contributed by atoms with Gasteiger partial charge in [-0.15, -0.1) is 0 Å². The summed E-state index contributed by atoms with van der Waals surface area (Å²) in [6.45, 7) is 2.25. The van der Waals surface area contributed by atoms with Gasteiger partial charge < -0.3 is 0 Å². The fourth-order valence-corrected chi connectivity index (χ4v) is 3.17. The summed E-state index contributed by atoms with van der Waals surface area (Å²) in [5.41, 5.74) is 0. The fourth-order valence-electron chi connectivity index (χ4n) is 1.26. The van der Waals surface area contributed by atoms with Gasteiger partial charge in [0, 0.05) is 9.65 Å². The van der Waals surface area contributed by atoms with Gasteiger partial charge in [-0.1, -0.05) is 58.0 Å². The van der Waals surface area contributed by atoms with E-state index in [2.05, 4.69) is 38.8 Å². The Morgan fingerprint density at radius 1 is 1.08 bits per heavy atom. The van der Waals surface area contributed by atoms with Crippen LogP contribution in [-0.2, 0) is 5.11 Å². The molecule has 0 aliphatic rings. The predicted molar refractivity (Wildman–Crippen MR) is 64.4 cm³/mol. The summed E-state index contributed by atoms with van der Waals surface area (Å²) in [7, 11) is 0. The van der Waals surface area contributed by atoms with Gasteiger partial charge in [-0.05, 0) is 19.3 Å². The molecule has 79 valence electrons. The number of alkyl halides is 2. The van der Waals surface area contributed by atoms with Gasteiger partial charge in [0.1, 0.15) is 0 Å². The van der Waals surface area contributed by atoms with E-state index in [9.17, 15) is 5.11 Å². The largest absolute Gasteiger partial charge is 0.237 e. The van der Waals surface area contributed by atoms with Crippen LogP contribution in [0.3, 0.4) is 0 Å². The number of hydrogen-bond donors (Lipinski definition) is 0. The predicted octanol–water partition coefficient (Wildman–Crippen LogP) is 4.30. The molecule has 0 bridgehead atoms. The molecule has 13 heavy (non-hydrogen) atoms. The van der Waals surface area contributed by atoms with Crippen molar-refractivity contribution in [2.75, 3.05) is 6.61 Å². The average Bonchev–Trinajstić information content (AvgIpc) is 2.05. The lowest BCUT2D eigenvalue weighted by atomic mass is 10.1. The Kier molecular flexibility index (Phi) is 10.1. The van der Waals surface area contributed by atoms with Crippen molar-refractivity contribution in [3.63, 3.8) is 0 Å². The lowest BCUT2D eigenvalue weighted by molar-refractivity contribution is 0.188. The highest BCUT2D eigenvalue weighted by atomic mass is 79.9. The van der Waals surface area contributed by atoms with Crippen molar-refractivity contribution in [3.8, 4) is 0 Å². The molecule has 2 unspecified atom stereocenters. The monoisotopic (exact) mass is 313 g/mol. The quantitative estimate of drug-likeness (QED) is 0.470. The Labute approximate surface area is 98.6 Å². The molecule has 1 radical (unpaired) electrons. The zero-order valence-corrected chi connectivity index (χ0v) is 11.4. The third-order valence-corrected chi connectivity index (χ3v) is 3.73. The molecule has 3 heteroatoms. The van der Waals surface area contributed by atoms with E-state index in [0.29, 0.717) is 9.65 Å². The van der Waals surface area contributed by atoms with Crippen LogP contribution in [0.4, 0.5) is 0 Å². The molecule has 0 saturated heterocycles. The van der Waals surface area contributed by atoms with Crippen molar-refractivity contribution < 1.29 is 5.11 Å². The molecular formula is C10H19Br2O. The molecular weight excluding hydrogens is 296 g/mol. The second kappa shape index (κ2) is 9.47. The van der Waals surface area contributed by atoms with Crippen LogP contribution in [0.5, 0.6) is 0 Å². The minimum absolute atomic E-state index is 0.0323. The Hall–Kier alpha value is 0.920. The van der Waals surface area contributed by atoms with Crippen LogP contribution in [0.1, 0.15) is 45.4 Å². The van der Waals surface area contributed by atoms with Gasteiger partial charge in [0.05, 0.1) is 6.61 Å². The molecule has 0 rings (SSSR count). The third kappa shape index (κ3) is 9.23. The fraction of sp³-hybridized carbons (Fsp3) is 1.00. The molecule has 0 aliphatic heterocycles. The standard InChI is InChI=1S/C10H19Br2O/c1-2-3-4-5-9(11)8-10(12)6-7-13/h9-10H,2-8H2,1H3. The highest BCUT2D eigenvalue weighted by Crippen LogP contribution is 2.21. The number of unbranched alkanes of at least 4 members (excludes halogenated alkanes) is 2. The molecule has 0 aromatic carbocycles. The van der Waals surface area contributed by atoms with Crippen molar-refractivity contribution in [2.45, 2.75) is 55.1 Å². The minimum Gasteiger partial charge on any atom is -0.237 e. The molecule has 0 aromatic rings. The molecule has 0 spiro atoms. The maximum absolute atomic E-state index is 10.3. The molecule has 0 aromatic heterocycles. The summed E-state index contributed by atoms with van der Waals surface area (Å²) in [5, 5.41) is 10.3. The Bertz CT molecular complexity index is 109. The minimum atomic E-state index is 0.0323. The van der Waals surface area contributed by atoms with Gasteiger partial charge in [0.2, 0.25) is 0 Å². The van der Waals surface area contributed by atoms with Crippen LogP contribution in [-0.4, -0.2) is 16.3 Å². The van der Waals surface area contributed by atoms with E-state index >= 15 is 0 Å². The first-order chi connectivity index (χ1) is 6.20. The summed E-state index contributed by atoms with van der Waals surface area (Å²) in [6.07, 6.45) is 6.94. The topological polar surface area (TPSA) is 19.9 Å². The van der Waals surface area contributed by atoms with Crippen molar-refractivity contribution in [1.82, 2.24) is 0 Å². The van der Waals surface area contributed by atoms with E-state index < -0.39 is 0 Å². The first-order valence-corrected chi connectivity index (χ1v) is 6.90. The summed E-state index contributed by atoms with van der Waals surface area (Å²) in [6, 6.07) is 0. The highest BCUT2D eigenvalue weighted by molar-refractivity contribution is 9.10. The Morgan fingerprint density at radius 2 is 1.69 bits per heavy atom. The van der Waals surface area contributed by atoms with E-state index in [1.807, 2.05) is 0 Å². The van der Waals surface area contributed by atoms with Crippen LogP contribution >= 0.6 is 31.9 Å². The van der Waals surface area contributed by atoms with E-state index in [-0.39, 0.29) is 6.61 Å². The molecule has 0 fully saturated rings. The average molecular weight is 315 g/mol. The van der Waals surface area contributed by atoms with Crippen LogP contribution in [0, 0.1) is 0 Å². The summed E-state index contributed by atoms with van der Waals surface area (Å²) < 4.78 is 0. The van der Waals surface area contributed by atoms with Crippen molar-refractivity contribution in [1.29, 1.82) is 0 Å². The summed E-state index contributed by atoms with van der Waals surface area (Å²) in [5.74, 6) is 0. The van der Waals surface area contributed by atoms with Gasteiger partial charge in [-0.2, -0.15) is 0 Å². The first kappa shape index (κ1) is 13.9. The van der Waals surface area contributed by atoms with Crippen LogP contribution in [0.15, 0.2) is 0 Å². The lowest BCUT2D eigenvalue weighted by Gasteiger charge is -2.12. The first-order valence-electron chi connectivity index (χ1n) is 5.07. The smallest absolute Gasteiger partial charge is 0.0833 e. The zero-order chi connectivity index (χ0) is 10.1. The van der Waals surface area contributed by atoms with Crippen molar-refractivity contribution in [2.24, 2.45) is 0 Å². The van der Waals surface area contributed by atoms with Crippen molar-refractivity contribution in [3.05, 3.63) is 0 Å². The molecule has 2 atom stereocenters. The maximum Gasteiger partial charge on any atom is 0.0833 e. The van der Waals surface area contributed by atoms with Crippen LogP contribution < -0.4 is 0 Å². The molecule has 0 saturated carbocycles. The second-order valence-corrected chi connectivity index (χ2v) is 6.01. The highest BCUT2D eigenvalue weighted by Gasteiger charge is 2.10. The van der Waals surface area contributed by atoms with E-state index in [0.717, 1.165) is 12.8 Å². The Balaban J connectivity index is 3.32. The van der Waals surface area contributed by atoms with Gasteiger partial charge >= 0.3 is 0 Å². The third-order valence-electron chi connectivity index (χ3n) is 2.06. The normalized spacial score (nSPS) is 15.7. The van der Waals surface area contributed by atoms with Crippen molar-refractivity contribution >= 4 is 31.9 Å².